The lowest BCUT2D eigenvalue weighted by Gasteiger charge is -2.18. The summed E-state index contributed by atoms with van der Waals surface area (Å²) >= 11 is 0. The van der Waals surface area contributed by atoms with Gasteiger partial charge in [-0.25, -0.2) is 13.8 Å². The summed E-state index contributed by atoms with van der Waals surface area (Å²) in [6.07, 6.45) is -2.72. The van der Waals surface area contributed by atoms with E-state index >= 15 is 0 Å². The summed E-state index contributed by atoms with van der Waals surface area (Å²) in [5.74, 6) is -0.117. The first-order valence-electron chi connectivity index (χ1n) is 13.0. The molecular weight excluding hydrogens is 527 g/mol. The lowest BCUT2D eigenvalue weighted by atomic mass is 9.95. The summed E-state index contributed by atoms with van der Waals surface area (Å²) in [4.78, 5) is 30.1. The van der Waals surface area contributed by atoms with E-state index in [1.807, 2.05) is 45.9 Å². The van der Waals surface area contributed by atoms with E-state index in [4.69, 9.17) is 12.6 Å². The van der Waals surface area contributed by atoms with E-state index in [1.54, 1.807) is 35.9 Å². The molecule has 3 N–H and O–H groups in total. The summed E-state index contributed by atoms with van der Waals surface area (Å²) in [6, 6.07) is 15.4. The molecule has 0 saturated carbocycles. The zero-order valence-corrected chi connectivity index (χ0v) is 23.6. The van der Waals surface area contributed by atoms with Crippen LogP contribution >= 0.6 is 0 Å². The molecule has 2 radical (unpaired) electrons. The Labute approximate surface area is 238 Å². The van der Waals surface area contributed by atoms with Crippen molar-refractivity contribution in [2.24, 2.45) is 12.5 Å². The molecule has 0 bridgehead atoms. The fourth-order valence-electron chi connectivity index (χ4n) is 4.03. The predicted octanol–water partition coefficient (Wildman–Crippen LogP) is 4.98. The van der Waals surface area contributed by atoms with Crippen LogP contribution in [0.15, 0.2) is 54.6 Å². The third-order valence-electron chi connectivity index (χ3n) is 6.44. The number of halogens is 2. The molecule has 2 amide bonds. The first kappa shape index (κ1) is 29.6. The molecule has 1 aromatic heterocycles. The van der Waals surface area contributed by atoms with Gasteiger partial charge in [0.25, 0.3) is 12.3 Å². The van der Waals surface area contributed by atoms with E-state index in [9.17, 15) is 18.4 Å². The van der Waals surface area contributed by atoms with E-state index in [1.165, 1.54) is 12.1 Å². The average molecular weight is 559 g/mol. The number of fused-ring (bicyclic) bond motifs is 1. The number of aromatic nitrogens is 2. The zero-order valence-electron chi connectivity index (χ0n) is 23.6. The number of imidazole rings is 1. The minimum Gasteiger partial charge on any atom is -0.487 e. The van der Waals surface area contributed by atoms with Crippen LogP contribution in [0.4, 0.5) is 26.1 Å². The maximum Gasteiger partial charge on any atom is 0.272 e. The average Bonchev–Trinajstić information content (AvgIpc) is 3.21. The highest BCUT2D eigenvalue weighted by Crippen LogP contribution is 2.31. The van der Waals surface area contributed by atoms with Gasteiger partial charge in [0.2, 0.25) is 11.9 Å². The molecule has 0 unspecified atom stereocenters. The molecule has 1 heterocycles. The van der Waals surface area contributed by atoms with Crippen LogP contribution in [0.3, 0.4) is 0 Å². The molecule has 0 spiro atoms. The number of rotatable bonds is 9. The van der Waals surface area contributed by atoms with E-state index in [0.717, 1.165) is 16.8 Å². The number of nitrogens with one attached hydrogen (secondary N) is 3. The van der Waals surface area contributed by atoms with Crippen LogP contribution in [-0.2, 0) is 18.4 Å². The largest absolute Gasteiger partial charge is 0.487 e. The van der Waals surface area contributed by atoms with Gasteiger partial charge in [-0.3, -0.25) is 9.59 Å². The van der Waals surface area contributed by atoms with Crippen molar-refractivity contribution in [1.29, 1.82) is 0 Å². The number of ether oxygens (including phenoxy) is 1. The second-order valence-electron chi connectivity index (χ2n) is 10.8. The number of alkyl halides is 2. The predicted molar refractivity (Wildman–Crippen MR) is 158 cm³/mol. The van der Waals surface area contributed by atoms with Crippen LogP contribution in [-0.4, -0.2) is 42.2 Å². The Morgan fingerprint density at radius 2 is 1.78 bits per heavy atom. The van der Waals surface area contributed by atoms with E-state index in [2.05, 4.69) is 20.9 Å². The Bertz CT molecular complexity index is 1580. The minimum absolute atomic E-state index is 0.00747. The molecule has 0 saturated heterocycles. The number of carbonyl (C=O) groups excluding carboxylic acids is 2. The van der Waals surface area contributed by atoms with Gasteiger partial charge in [0.05, 0.1) is 16.6 Å². The summed E-state index contributed by atoms with van der Waals surface area (Å²) in [6.45, 7) is 7.01. The van der Waals surface area contributed by atoms with Crippen molar-refractivity contribution in [3.05, 3.63) is 71.3 Å². The molecule has 4 aromatic rings. The lowest BCUT2D eigenvalue weighted by Crippen LogP contribution is -2.34. The number of amides is 2. The molecule has 0 fully saturated rings. The molecule has 0 aliphatic rings. The molecular formula is C30H32BF2N5O3. The van der Waals surface area contributed by atoms with Crippen LogP contribution in [0, 0.1) is 12.3 Å². The van der Waals surface area contributed by atoms with Crippen LogP contribution in [0.2, 0.25) is 0 Å². The number of anilines is 3. The zero-order chi connectivity index (χ0) is 29.9. The van der Waals surface area contributed by atoms with E-state index in [-0.39, 0.29) is 17.2 Å². The Balaban J connectivity index is 1.64. The van der Waals surface area contributed by atoms with Gasteiger partial charge in [-0.15, -0.1) is 0 Å². The van der Waals surface area contributed by atoms with Gasteiger partial charge in [-0.05, 0) is 42.3 Å². The Morgan fingerprint density at radius 1 is 1.07 bits per heavy atom. The van der Waals surface area contributed by atoms with Gasteiger partial charge in [0.15, 0.2) is 0 Å². The SMILES string of the molecule is [B]c1ccc(NC(=O)c2cc3nc(Nc4cc(CNC(=O)C(C)(C)C)ccc4C)n(C)c3cc2OCC(F)F)cc1. The van der Waals surface area contributed by atoms with Crippen molar-refractivity contribution >= 4 is 53.5 Å². The molecule has 8 nitrogen and oxygen atoms in total. The van der Waals surface area contributed by atoms with Crippen molar-refractivity contribution in [2.75, 3.05) is 17.2 Å². The summed E-state index contributed by atoms with van der Waals surface area (Å²) in [7, 11) is 7.49. The monoisotopic (exact) mass is 559 g/mol. The molecule has 4 rings (SSSR count). The molecule has 0 atom stereocenters. The van der Waals surface area contributed by atoms with Crippen molar-refractivity contribution in [3.8, 4) is 5.75 Å². The highest BCUT2D eigenvalue weighted by molar-refractivity contribution is 6.32. The van der Waals surface area contributed by atoms with Crippen LogP contribution in [0.5, 0.6) is 5.75 Å². The maximum atomic E-state index is 13.2. The first-order valence-corrected chi connectivity index (χ1v) is 13.0. The third kappa shape index (κ3) is 7.22. The van der Waals surface area contributed by atoms with Gasteiger partial charge in [0.1, 0.15) is 20.2 Å². The Morgan fingerprint density at radius 3 is 2.44 bits per heavy atom. The molecule has 3 aromatic carbocycles. The van der Waals surface area contributed by atoms with Gasteiger partial charge >= 0.3 is 0 Å². The van der Waals surface area contributed by atoms with Crippen molar-refractivity contribution < 1.29 is 23.1 Å². The summed E-state index contributed by atoms with van der Waals surface area (Å²) in [5, 5.41) is 9.00. The number of nitrogens with zero attached hydrogens (tertiary/aromatic N) is 2. The fraction of sp³-hybridized carbons (Fsp3) is 0.300. The van der Waals surface area contributed by atoms with Gasteiger partial charge in [-0.2, -0.15) is 0 Å². The highest BCUT2D eigenvalue weighted by Gasteiger charge is 2.22. The van der Waals surface area contributed by atoms with Crippen LogP contribution < -0.4 is 26.2 Å². The van der Waals surface area contributed by atoms with E-state index in [0.29, 0.717) is 34.7 Å². The standard InChI is InChI=1S/C30H32BF2N5O3/c1-17-6-7-18(15-34-28(40)30(2,3)4)12-22(17)36-29-37-23-13-21(27(39)35-20-10-8-19(31)9-11-20)25(41-16-26(32)33)14-24(23)38(29)5/h6-14,26H,15-16H2,1-5H3,(H,34,40)(H,35,39)(H,36,37). The summed E-state index contributed by atoms with van der Waals surface area (Å²) in [5.41, 5.74) is 4.26. The smallest absolute Gasteiger partial charge is 0.272 e. The Hall–Kier alpha value is -4.41. The van der Waals surface area contributed by atoms with E-state index < -0.39 is 24.4 Å². The number of carbonyl (C=O) groups is 2. The highest BCUT2D eigenvalue weighted by atomic mass is 19.3. The normalized spacial score (nSPS) is 11.5. The van der Waals surface area contributed by atoms with Gasteiger partial charge in [-0.1, -0.05) is 50.5 Å². The third-order valence-corrected chi connectivity index (χ3v) is 6.44. The van der Waals surface area contributed by atoms with Gasteiger partial charge < -0.3 is 25.3 Å². The second kappa shape index (κ2) is 12.0. The second-order valence-corrected chi connectivity index (χ2v) is 10.8. The molecule has 212 valence electrons. The first-order chi connectivity index (χ1) is 19.3. The van der Waals surface area contributed by atoms with Crippen molar-refractivity contribution in [3.63, 3.8) is 0 Å². The number of aryl methyl sites for hydroxylation is 2. The van der Waals surface area contributed by atoms with Crippen molar-refractivity contribution in [2.45, 2.75) is 40.7 Å². The Kier molecular flexibility index (Phi) is 8.65. The van der Waals surface area contributed by atoms with Crippen molar-refractivity contribution in [1.82, 2.24) is 14.9 Å². The van der Waals surface area contributed by atoms with Gasteiger partial charge in [0, 0.05) is 36.4 Å². The lowest BCUT2D eigenvalue weighted by molar-refractivity contribution is -0.128. The topological polar surface area (TPSA) is 97.3 Å². The maximum absolute atomic E-state index is 13.2. The number of benzene rings is 3. The molecule has 0 aliphatic heterocycles. The summed E-state index contributed by atoms with van der Waals surface area (Å²) < 4.78 is 33.1. The number of hydrogen-bond donors (Lipinski definition) is 3. The fourth-order valence-corrected chi connectivity index (χ4v) is 4.03. The number of hydrogen-bond acceptors (Lipinski definition) is 5. The molecule has 41 heavy (non-hydrogen) atoms. The quantitative estimate of drug-likeness (QED) is 0.252. The minimum atomic E-state index is -2.72. The van der Waals surface area contributed by atoms with Crippen LogP contribution in [0.25, 0.3) is 11.0 Å². The van der Waals surface area contributed by atoms with Crippen LogP contribution in [0.1, 0.15) is 42.3 Å². The molecule has 0 aliphatic carbocycles. The molecule has 11 heteroatoms.